The minimum Gasteiger partial charge on any atom is -0.456 e. The predicted molar refractivity (Wildman–Crippen MR) is 237 cm³/mol. The molecule has 2 aliphatic heterocycles. The van der Waals surface area contributed by atoms with E-state index in [-0.39, 0.29) is 24.8 Å². The summed E-state index contributed by atoms with van der Waals surface area (Å²) in [6.07, 6.45) is -0.867. The van der Waals surface area contributed by atoms with Gasteiger partial charge in [0, 0.05) is 59.3 Å². The van der Waals surface area contributed by atoms with Crippen LogP contribution >= 0.6 is 0 Å². The first-order valence-electron chi connectivity index (χ1n) is 20.2. The number of carbonyl (C=O) groups is 4. The number of anilines is 2. The van der Waals surface area contributed by atoms with E-state index in [1.54, 1.807) is 91.0 Å². The van der Waals surface area contributed by atoms with E-state index in [9.17, 15) is 19.2 Å². The monoisotopic (exact) mass is 852 g/mol. The number of amides is 3. The van der Waals surface area contributed by atoms with Gasteiger partial charge in [-0.15, -0.1) is 0 Å². The van der Waals surface area contributed by atoms with Gasteiger partial charge in [0.05, 0.1) is 23.2 Å². The Hall–Kier alpha value is -8.14. The van der Waals surface area contributed by atoms with Crippen LogP contribution in [0.25, 0.3) is 0 Å². The van der Waals surface area contributed by atoms with Crippen molar-refractivity contribution < 1.29 is 38.1 Å². The van der Waals surface area contributed by atoms with Crippen molar-refractivity contribution in [3.8, 4) is 23.0 Å². The highest BCUT2D eigenvalue weighted by molar-refractivity contribution is 5.98. The third-order valence-corrected chi connectivity index (χ3v) is 10.4. The fourth-order valence-electron chi connectivity index (χ4n) is 7.46. The molecule has 16 nitrogen and oxygen atoms in total. The van der Waals surface area contributed by atoms with Gasteiger partial charge in [0.2, 0.25) is 5.91 Å². The lowest BCUT2D eigenvalue weighted by Crippen LogP contribution is -2.47. The lowest BCUT2D eigenvalue weighted by Gasteiger charge is -2.37. The minimum absolute atomic E-state index is 0.133. The number of nitrogens with two attached hydrogens (primary N) is 2. The van der Waals surface area contributed by atoms with E-state index in [4.69, 9.17) is 30.4 Å². The van der Waals surface area contributed by atoms with Crippen LogP contribution < -0.4 is 57.6 Å². The number of nitrogens with one attached hydrogen (secondary N) is 6. The van der Waals surface area contributed by atoms with Gasteiger partial charge in [-0.05, 0) is 74.4 Å². The normalized spacial score (nSPS) is 15.6. The number of carbonyl (C=O) groups excluding carboxylic acids is 4. The van der Waals surface area contributed by atoms with Gasteiger partial charge in [-0.3, -0.25) is 4.79 Å². The summed E-state index contributed by atoms with van der Waals surface area (Å²) in [5, 5.41) is 17.8. The maximum Gasteiger partial charge on any atom is 0.413 e. The Morgan fingerprint density at radius 3 is 1.84 bits per heavy atom. The van der Waals surface area contributed by atoms with Crippen molar-refractivity contribution in [1.82, 2.24) is 21.3 Å². The highest BCUT2D eigenvalue weighted by Crippen LogP contribution is 2.56. The van der Waals surface area contributed by atoms with Gasteiger partial charge in [-0.2, -0.15) is 0 Å². The summed E-state index contributed by atoms with van der Waals surface area (Å²) in [5.41, 5.74) is 13.1. The average Bonchev–Trinajstić information content (AvgIpc) is 3.55. The second-order valence-electron chi connectivity index (χ2n) is 14.9. The van der Waals surface area contributed by atoms with E-state index in [1.165, 1.54) is 0 Å². The SMILES string of the molecule is C=C(N)NCCC(NC(=O)Oc1ccccc1)C(=O)Nc1ccc2c(c1)Oc1cc(NC(C)C(CCNC(=C)N)NC(=O)Oc3ccccc3)ccc1C21OC(=O)c2ccccc21. The topological polar surface area (TPSA) is 229 Å². The molecular formula is C47H48N8O8. The number of esters is 1. The lowest BCUT2D eigenvalue weighted by atomic mass is 9.77. The molecule has 0 bridgehead atoms. The fraction of sp³-hybridized carbons (Fsp3) is 0.191. The van der Waals surface area contributed by atoms with E-state index in [0.717, 1.165) is 0 Å². The molecule has 4 unspecified atom stereocenters. The van der Waals surface area contributed by atoms with Crippen molar-refractivity contribution in [2.75, 3.05) is 23.7 Å². The predicted octanol–water partition coefficient (Wildman–Crippen LogP) is 6.13. The number of fused-ring (bicyclic) bond motifs is 6. The van der Waals surface area contributed by atoms with Gasteiger partial charge in [0.1, 0.15) is 29.0 Å². The molecule has 63 heavy (non-hydrogen) atoms. The third-order valence-electron chi connectivity index (χ3n) is 10.4. The lowest BCUT2D eigenvalue weighted by molar-refractivity contribution is -0.118. The molecule has 4 atom stereocenters. The maximum absolute atomic E-state index is 13.8. The summed E-state index contributed by atoms with van der Waals surface area (Å²) in [4.78, 5) is 53.3. The van der Waals surface area contributed by atoms with Crippen LogP contribution in [0.15, 0.2) is 146 Å². The van der Waals surface area contributed by atoms with Crippen LogP contribution in [0.1, 0.15) is 46.8 Å². The van der Waals surface area contributed by atoms with Crippen molar-refractivity contribution in [3.63, 3.8) is 0 Å². The molecule has 3 amide bonds. The Morgan fingerprint density at radius 1 is 0.683 bits per heavy atom. The molecule has 10 N–H and O–H groups in total. The highest BCUT2D eigenvalue weighted by Gasteiger charge is 2.53. The summed E-state index contributed by atoms with van der Waals surface area (Å²) in [6, 6.07) is 33.0. The van der Waals surface area contributed by atoms with Crippen LogP contribution in [0.2, 0.25) is 0 Å². The first-order chi connectivity index (χ1) is 30.4. The third kappa shape index (κ3) is 10.1. The molecule has 1 spiro atoms. The zero-order valence-electron chi connectivity index (χ0n) is 34.4. The summed E-state index contributed by atoms with van der Waals surface area (Å²) >= 11 is 0. The summed E-state index contributed by atoms with van der Waals surface area (Å²) in [6.45, 7) is 9.88. The molecule has 0 aliphatic carbocycles. The van der Waals surface area contributed by atoms with Crippen LogP contribution in [0.4, 0.5) is 21.0 Å². The van der Waals surface area contributed by atoms with E-state index < -0.39 is 41.7 Å². The molecule has 0 fully saturated rings. The molecule has 7 rings (SSSR count). The highest BCUT2D eigenvalue weighted by atomic mass is 16.6. The summed E-state index contributed by atoms with van der Waals surface area (Å²) < 4.78 is 23.8. The number of ether oxygens (including phenoxy) is 4. The Balaban J connectivity index is 1.16. The van der Waals surface area contributed by atoms with Crippen LogP contribution in [-0.4, -0.2) is 55.3 Å². The smallest absolute Gasteiger partial charge is 0.413 e. The second kappa shape index (κ2) is 19.1. The van der Waals surface area contributed by atoms with E-state index >= 15 is 0 Å². The Morgan fingerprint density at radius 2 is 1.22 bits per heavy atom. The van der Waals surface area contributed by atoms with Gasteiger partial charge in [0.25, 0.3) is 0 Å². The average molecular weight is 853 g/mol. The molecule has 0 saturated carbocycles. The largest absolute Gasteiger partial charge is 0.456 e. The summed E-state index contributed by atoms with van der Waals surface area (Å²) in [5.74, 6) is 0.826. The molecule has 2 aliphatic rings. The number of rotatable bonds is 17. The van der Waals surface area contributed by atoms with Crippen LogP contribution in [0.5, 0.6) is 23.0 Å². The van der Waals surface area contributed by atoms with Crippen molar-refractivity contribution in [2.45, 2.75) is 43.5 Å². The number of hydrogen-bond donors (Lipinski definition) is 8. The van der Waals surface area contributed by atoms with Crippen LogP contribution in [0.3, 0.4) is 0 Å². The Labute approximate surface area is 364 Å². The molecule has 324 valence electrons. The number of para-hydroxylation sites is 2. The van der Waals surface area contributed by atoms with Crippen molar-refractivity contribution in [3.05, 3.63) is 168 Å². The van der Waals surface area contributed by atoms with Gasteiger partial charge < -0.3 is 62.3 Å². The van der Waals surface area contributed by atoms with E-state index in [0.29, 0.717) is 75.4 Å². The number of hydrogen-bond acceptors (Lipinski definition) is 13. The molecular weight excluding hydrogens is 805 g/mol. The zero-order chi connectivity index (χ0) is 44.5. The molecule has 0 aromatic heterocycles. The standard InChI is InChI=1S/C47H48N8O8/c1-28(39(22-24-50-29(2)48)54-45(58)60-33-12-6-4-7-13-33)52-31-18-20-37-41(26-31)62-42-27-32(19-21-38(42)47(37)36-17-11-10-16-35(36)44(57)63-47)53-43(56)40(23-25-51-30(3)49)55-46(59)61-34-14-8-5-9-15-34/h4-21,26-28,39-40,50-52H,2-3,22-25,48-49H2,1H3,(H,53,56)(H,54,58)(H,55,59). The summed E-state index contributed by atoms with van der Waals surface area (Å²) in [7, 11) is 0. The number of benzene rings is 5. The van der Waals surface area contributed by atoms with Gasteiger partial charge in [0.15, 0.2) is 5.60 Å². The van der Waals surface area contributed by atoms with Gasteiger partial charge >= 0.3 is 18.2 Å². The van der Waals surface area contributed by atoms with Crippen LogP contribution in [0, 0.1) is 0 Å². The van der Waals surface area contributed by atoms with Crippen molar-refractivity contribution in [1.29, 1.82) is 0 Å². The molecule has 2 heterocycles. The van der Waals surface area contributed by atoms with Gasteiger partial charge in [-0.25, -0.2) is 14.4 Å². The molecule has 5 aromatic rings. The van der Waals surface area contributed by atoms with E-state index in [2.05, 4.69) is 45.1 Å². The zero-order valence-corrected chi connectivity index (χ0v) is 34.4. The molecule has 5 aromatic carbocycles. The van der Waals surface area contributed by atoms with Crippen LogP contribution in [-0.2, 0) is 15.1 Å². The Bertz CT molecular complexity index is 2520. The van der Waals surface area contributed by atoms with Gasteiger partial charge in [-0.1, -0.05) is 67.8 Å². The first-order valence-corrected chi connectivity index (χ1v) is 20.2. The van der Waals surface area contributed by atoms with Crippen molar-refractivity contribution >= 4 is 35.4 Å². The van der Waals surface area contributed by atoms with Crippen molar-refractivity contribution in [2.24, 2.45) is 11.5 Å². The van der Waals surface area contributed by atoms with E-state index in [1.807, 2.05) is 37.3 Å². The maximum atomic E-state index is 13.8. The Kier molecular flexibility index (Phi) is 13.0. The molecule has 0 saturated heterocycles. The first kappa shape index (κ1) is 43.0. The minimum atomic E-state index is -1.40. The quantitative estimate of drug-likeness (QED) is 0.0494. The fourth-order valence-corrected chi connectivity index (χ4v) is 7.46. The molecule has 0 radical (unpaired) electrons. The second-order valence-corrected chi connectivity index (χ2v) is 14.9. The molecule has 16 heteroatoms.